The molecule has 0 bridgehead atoms. The largest absolute Gasteiger partial charge is 0.480 e. The molecule has 0 aromatic heterocycles. The number of carbonyl (C=O) groups is 2. The average molecular weight is 134 g/mol. The third kappa shape index (κ3) is 205. The van der Waals surface area contributed by atoms with Crippen molar-refractivity contribution >= 4 is 11.9 Å². The van der Waals surface area contributed by atoms with E-state index in [-0.39, 0.29) is 12.5 Å². The third-order valence-corrected chi connectivity index (χ3v) is 0.175. The molecule has 9 heavy (non-hydrogen) atoms. The number of carboxylic acid groups (broad SMARTS) is 1. The molecule has 0 saturated carbocycles. The number of nitrogens with two attached hydrogens (primary N) is 2. The molecule has 0 aromatic carbocycles. The van der Waals surface area contributed by atoms with Crippen molar-refractivity contribution in [3.05, 3.63) is 0 Å². The van der Waals surface area contributed by atoms with Crippen LogP contribution in [-0.2, 0) is 9.59 Å². The number of rotatable bonds is 1. The Labute approximate surface area is 52.6 Å². The summed E-state index contributed by atoms with van der Waals surface area (Å²) >= 11 is 0. The highest BCUT2D eigenvalue weighted by Gasteiger charge is 1.81. The lowest BCUT2D eigenvalue weighted by Crippen LogP contribution is -2.10. The minimum atomic E-state index is -0.968. The van der Waals surface area contributed by atoms with Gasteiger partial charge in [0.05, 0.1) is 6.54 Å². The third-order valence-electron chi connectivity index (χ3n) is 0.175. The van der Waals surface area contributed by atoms with Gasteiger partial charge in [0.2, 0.25) is 5.91 Å². The first-order valence-electron chi connectivity index (χ1n) is 2.18. The molecule has 5 nitrogen and oxygen atoms in total. The maximum atomic E-state index is 9.24. The zero-order chi connectivity index (χ0) is 7.86. The number of carboxylic acids is 1. The molecule has 5 heteroatoms. The molecule has 0 heterocycles. The van der Waals surface area contributed by atoms with Crippen LogP contribution in [0.5, 0.6) is 0 Å². The lowest BCUT2D eigenvalue weighted by molar-refractivity contribution is -0.135. The first kappa shape index (κ1) is 10.8. The summed E-state index contributed by atoms with van der Waals surface area (Å²) in [5.74, 6) is -1.30. The molecule has 0 fully saturated rings. The minimum Gasteiger partial charge on any atom is -0.480 e. The van der Waals surface area contributed by atoms with E-state index in [9.17, 15) is 9.59 Å². The Balaban J connectivity index is 0. The molecule has 5 N–H and O–H groups in total. The van der Waals surface area contributed by atoms with Crippen molar-refractivity contribution in [2.45, 2.75) is 6.92 Å². The Morgan fingerprint density at radius 2 is 1.67 bits per heavy atom. The number of amides is 1. The van der Waals surface area contributed by atoms with E-state index in [1.807, 2.05) is 0 Å². The lowest BCUT2D eigenvalue weighted by Gasteiger charge is -1.73. The summed E-state index contributed by atoms with van der Waals surface area (Å²) in [6.45, 7) is 1.03. The molecular formula is C4H10N2O3. The van der Waals surface area contributed by atoms with Crippen LogP contribution in [0.15, 0.2) is 0 Å². The standard InChI is InChI=1S/C2H5NO2.C2H5NO/c3-1-2(4)5;1-2(3)4/h1,3H2,(H,4,5);1H3,(H2,3,4). The van der Waals surface area contributed by atoms with Crippen LogP contribution < -0.4 is 11.5 Å². The van der Waals surface area contributed by atoms with Crippen molar-refractivity contribution in [3.63, 3.8) is 0 Å². The highest BCUT2D eigenvalue weighted by molar-refractivity contribution is 5.70. The fourth-order valence-electron chi connectivity index (χ4n) is 0. The van der Waals surface area contributed by atoms with E-state index in [2.05, 4.69) is 11.5 Å². The second kappa shape index (κ2) is 6.90. The summed E-state index contributed by atoms with van der Waals surface area (Å²) in [5, 5.41) is 7.60. The Hall–Kier alpha value is -1.10. The molecule has 0 radical (unpaired) electrons. The van der Waals surface area contributed by atoms with Gasteiger partial charge in [-0.05, 0) is 0 Å². The summed E-state index contributed by atoms with van der Waals surface area (Å²) < 4.78 is 0. The van der Waals surface area contributed by atoms with Gasteiger partial charge < -0.3 is 16.6 Å². The number of aliphatic carboxylic acids is 1. The Morgan fingerprint density at radius 3 is 1.67 bits per heavy atom. The Morgan fingerprint density at radius 1 is 1.56 bits per heavy atom. The molecule has 0 spiro atoms. The summed E-state index contributed by atoms with van der Waals surface area (Å²) in [7, 11) is 0. The van der Waals surface area contributed by atoms with Gasteiger partial charge in [-0.2, -0.15) is 0 Å². The Kier molecular flexibility index (Phi) is 8.28. The number of hydrogen-bond acceptors (Lipinski definition) is 3. The van der Waals surface area contributed by atoms with Gasteiger partial charge in [-0.15, -0.1) is 0 Å². The molecule has 0 aliphatic carbocycles. The SMILES string of the molecule is CC(N)=O.NCC(=O)O. The first-order chi connectivity index (χ1) is 4.00. The van der Waals surface area contributed by atoms with Gasteiger partial charge in [0, 0.05) is 6.92 Å². The van der Waals surface area contributed by atoms with E-state index < -0.39 is 5.97 Å². The second-order valence-corrected chi connectivity index (χ2v) is 1.21. The van der Waals surface area contributed by atoms with Crippen LogP contribution in [-0.4, -0.2) is 23.5 Å². The van der Waals surface area contributed by atoms with Crippen LogP contribution in [0.3, 0.4) is 0 Å². The highest BCUT2D eigenvalue weighted by Crippen LogP contribution is 1.43. The fourth-order valence-corrected chi connectivity index (χ4v) is 0. The van der Waals surface area contributed by atoms with Crippen molar-refractivity contribution < 1.29 is 14.7 Å². The van der Waals surface area contributed by atoms with Crippen LogP contribution in [0.25, 0.3) is 0 Å². The molecule has 0 rings (SSSR count). The van der Waals surface area contributed by atoms with Crippen molar-refractivity contribution in [3.8, 4) is 0 Å². The van der Waals surface area contributed by atoms with Gasteiger partial charge in [-0.25, -0.2) is 0 Å². The van der Waals surface area contributed by atoms with E-state index in [0.29, 0.717) is 0 Å². The van der Waals surface area contributed by atoms with Gasteiger partial charge in [0.15, 0.2) is 0 Å². The number of carbonyl (C=O) groups excluding carboxylic acids is 1. The van der Waals surface area contributed by atoms with E-state index in [4.69, 9.17) is 5.11 Å². The molecule has 0 atom stereocenters. The number of hydrogen-bond donors (Lipinski definition) is 3. The van der Waals surface area contributed by atoms with Crippen LogP contribution in [0, 0.1) is 0 Å². The van der Waals surface area contributed by atoms with Gasteiger partial charge >= 0.3 is 5.97 Å². The van der Waals surface area contributed by atoms with Gasteiger partial charge in [-0.3, -0.25) is 9.59 Å². The summed E-state index contributed by atoms with van der Waals surface area (Å²) in [5.41, 5.74) is 9.04. The van der Waals surface area contributed by atoms with Crippen molar-refractivity contribution in [2.75, 3.05) is 6.54 Å². The fraction of sp³-hybridized carbons (Fsp3) is 0.500. The molecule has 0 unspecified atom stereocenters. The number of primary amides is 1. The quantitative estimate of drug-likeness (QED) is 0.406. The van der Waals surface area contributed by atoms with Crippen molar-refractivity contribution in [1.29, 1.82) is 0 Å². The minimum absolute atomic E-state index is 0.278. The van der Waals surface area contributed by atoms with E-state index in [1.54, 1.807) is 0 Å². The zero-order valence-corrected chi connectivity index (χ0v) is 5.13. The van der Waals surface area contributed by atoms with Gasteiger partial charge in [-0.1, -0.05) is 0 Å². The van der Waals surface area contributed by atoms with Crippen LogP contribution in [0.1, 0.15) is 6.92 Å². The van der Waals surface area contributed by atoms with Crippen molar-refractivity contribution in [2.24, 2.45) is 11.5 Å². The molecular weight excluding hydrogens is 124 g/mol. The zero-order valence-electron chi connectivity index (χ0n) is 5.13. The van der Waals surface area contributed by atoms with Crippen molar-refractivity contribution in [1.82, 2.24) is 0 Å². The molecule has 0 aliphatic rings. The maximum absolute atomic E-state index is 9.24. The first-order valence-corrected chi connectivity index (χ1v) is 2.18. The summed E-state index contributed by atoms with van der Waals surface area (Å²) in [6, 6.07) is 0. The predicted molar refractivity (Wildman–Crippen MR) is 31.6 cm³/mol. The lowest BCUT2D eigenvalue weighted by atomic mass is 10.7. The summed E-state index contributed by atoms with van der Waals surface area (Å²) in [4.78, 5) is 18.5. The average Bonchev–Trinajstić information content (AvgIpc) is 1.65. The molecule has 0 saturated heterocycles. The monoisotopic (exact) mass is 134 g/mol. The van der Waals surface area contributed by atoms with E-state index in [1.165, 1.54) is 6.92 Å². The molecule has 0 aliphatic heterocycles. The second-order valence-electron chi connectivity index (χ2n) is 1.21. The normalized spacial score (nSPS) is 6.89. The maximum Gasteiger partial charge on any atom is 0.317 e. The smallest absolute Gasteiger partial charge is 0.317 e. The van der Waals surface area contributed by atoms with Gasteiger partial charge in [0.1, 0.15) is 0 Å². The summed E-state index contributed by atoms with van der Waals surface area (Å²) in [6.07, 6.45) is 0. The molecule has 1 amide bonds. The van der Waals surface area contributed by atoms with Crippen LogP contribution in [0.4, 0.5) is 0 Å². The molecule has 54 valence electrons. The van der Waals surface area contributed by atoms with E-state index >= 15 is 0 Å². The van der Waals surface area contributed by atoms with Gasteiger partial charge in [0.25, 0.3) is 0 Å². The van der Waals surface area contributed by atoms with Crippen LogP contribution in [0.2, 0.25) is 0 Å². The van der Waals surface area contributed by atoms with Crippen LogP contribution >= 0.6 is 0 Å². The topological polar surface area (TPSA) is 106 Å². The Bertz CT molecular complexity index is 98.0. The highest BCUT2D eigenvalue weighted by atomic mass is 16.4. The van der Waals surface area contributed by atoms with E-state index in [0.717, 1.165) is 0 Å². The molecule has 0 aromatic rings. The predicted octanol–water partition coefficient (Wildman–Crippen LogP) is -1.48.